The Morgan fingerprint density at radius 1 is 1.26 bits per heavy atom. The molecule has 0 bridgehead atoms. The van der Waals surface area contributed by atoms with Gasteiger partial charge in [0.1, 0.15) is 0 Å². The summed E-state index contributed by atoms with van der Waals surface area (Å²) in [7, 11) is 1.72. The minimum atomic E-state index is 0.638. The number of nitrogens with zero attached hydrogens (tertiary/aromatic N) is 2. The van der Waals surface area contributed by atoms with Crippen molar-refractivity contribution in [3.8, 4) is 0 Å². The number of hydrogen-bond acceptors (Lipinski definition) is 3. The third kappa shape index (κ3) is 4.16. The molecule has 1 aromatic heterocycles. The second-order valence-electron chi connectivity index (χ2n) is 4.49. The topological polar surface area (TPSA) is 25.4 Å². The Morgan fingerprint density at radius 3 is 2.95 bits per heavy atom. The first-order valence-corrected chi connectivity index (χ1v) is 6.98. The van der Waals surface area contributed by atoms with E-state index in [1.165, 1.54) is 10.9 Å². The Morgan fingerprint density at radius 2 is 2.16 bits per heavy atom. The van der Waals surface area contributed by atoms with Gasteiger partial charge in [-0.15, -0.1) is 11.6 Å². The fourth-order valence-electron chi connectivity index (χ4n) is 2.09. The third-order valence-corrected chi connectivity index (χ3v) is 3.26. The Bertz CT molecular complexity index is 518. The average molecular weight is 279 g/mol. The first-order chi connectivity index (χ1) is 9.33. The van der Waals surface area contributed by atoms with Crippen LogP contribution in [0.4, 0.5) is 0 Å². The van der Waals surface area contributed by atoms with Crippen molar-refractivity contribution in [2.24, 2.45) is 0 Å². The van der Waals surface area contributed by atoms with Gasteiger partial charge in [0.2, 0.25) is 0 Å². The van der Waals surface area contributed by atoms with Gasteiger partial charge in [0.05, 0.1) is 12.1 Å². The molecule has 0 aliphatic rings. The number of ether oxygens (including phenoxy) is 1. The summed E-state index contributed by atoms with van der Waals surface area (Å²) in [6.45, 7) is 3.39. The van der Waals surface area contributed by atoms with Gasteiger partial charge in [-0.1, -0.05) is 12.1 Å². The van der Waals surface area contributed by atoms with E-state index in [4.69, 9.17) is 16.3 Å². The number of hydrogen-bond donors (Lipinski definition) is 0. The summed E-state index contributed by atoms with van der Waals surface area (Å²) < 4.78 is 5.13. The van der Waals surface area contributed by atoms with Gasteiger partial charge in [0.25, 0.3) is 0 Å². The van der Waals surface area contributed by atoms with Crippen molar-refractivity contribution in [2.75, 3.05) is 32.7 Å². The van der Waals surface area contributed by atoms with Crippen LogP contribution in [0.3, 0.4) is 0 Å². The second-order valence-corrected chi connectivity index (χ2v) is 4.87. The minimum Gasteiger partial charge on any atom is -0.383 e. The highest BCUT2D eigenvalue weighted by molar-refractivity contribution is 6.18. The highest BCUT2D eigenvalue weighted by Gasteiger charge is 2.06. The predicted octanol–water partition coefficient (Wildman–Crippen LogP) is 2.92. The van der Waals surface area contributed by atoms with E-state index in [0.29, 0.717) is 5.88 Å². The first-order valence-electron chi connectivity index (χ1n) is 6.44. The maximum Gasteiger partial charge on any atom is 0.0702 e. The van der Waals surface area contributed by atoms with Crippen molar-refractivity contribution in [1.29, 1.82) is 0 Å². The molecule has 0 saturated carbocycles. The molecule has 0 saturated heterocycles. The van der Waals surface area contributed by atoms with Crippen LogP contribution in [0.5, 0.6) is 0 Å². The number of benzene rings is 1. The number of rotatable bonds is 7. The van der Waals surface area contributed by atoms with Gasteiger partial charge >= 0.3 is 0 Å². The Hall–Kier alpha value is -1.16. The van der Waals surface area contributed by atoms with Crippen LogP contribution in [0.15, 0.2) is 36.5 Å². The van der Waals surface area contributed by atoms with Gasteiger partial charge in [-0.3, -0.25) is 9.88 Å². The zero-order valence-corrected chi connectivity index (χ0v) is 11.9. The van der Waals surface area contributed by atoms with E-state index in [1.54, 1.807) is 7.11 Å². The van der Waals surface area contributed by atoms with Crippen LogP contribution in [0.1, 0.15) is 5.56 Å². The van der Waals surface area contributed by atoms with E-state index in [0.717, 1.165) is 31.8 Å². The lowest BCUT2D eigenvalue weighted by molar-refractivity contribution is 0.148. The lowest BCUT2D eigenvalue weighted by Crippen LogP contribution is -2.28. The smallest absolute Gasteiger partial charge is 0.0702 e. The fraction of sp³-hybridized carbons (Fsp3) is 0.400. The van der Waals surface area contributed by atoms with Crippen molar-refractivity contribution in [2.45, 2.75) is 6.54 Å². The molecule has 2 aromatic rings. The number of halogens is 1. The number of alkyl halides is 1. The SMILES string of the molecule is COCCN(CCCl)Cc1ccc2ncccc2c1. The molecule has 1 aromatic carbocycles. The molecule has 19 heavy (non-hydrogen) atoms. The van der Waals surface area contributed by atoms with E-state index in [9.17, 15) is 0 Å². The molecule has 0 amide bonds. The summed E-state index contributed by atoms with van der Waals surface area (Å²) >= 11 is 5.84. The van der Waals surface area contributed by atoms with Crippen LogP contribution in [0.2, 0.25) is 0 Å². The molecule has 1 heterocycles. The van der Waals surface area contributed by atoms with Crippen LogP contribution in [-0.4, -0.2) is 42.6 Å². The quantitative estimate of drug-likeness (QED) is 0.728. The van der Waals surface area contributed by atoms with Crippen LogP contribution in [-0.2, 0) is 11.3 Å². The highest BCUT2D eigenvalue weighted by Crippen LogP contribution is 2.14. The molecule has 3 nitrogen and oxygen atoms in total. The Kier molecular flexibility index (Phi) is 5.58. The van der Waals surface area contributed by atoms with Crippen LogP contribution >= 0.6 is 11.6 Å². The summed E-state index contributed by atoms with van der Waals surface area (Å²) in [4.78, 5) is 6.63. The maximum absolute atomic E-state index is 5.84. The number of pyridine rings is 1. The number of methoxy groups -OCH3 is 1. The Labute approximate surface area is 119 Å². The summed E-state index contributed by atoms with van der Waals surface area (Å²) in [6.07, 6.45) is 1.82. The largest absolute Gasteiger partial charge is 0.383 e. The predicted molar refractivity (Wildman–Crippen MR) is 79.6 cm³/mol. The molecule has 0 spiro atoms. The van der Waals surface area contributed by atoms with E-state index in [1.807, 2.05) is 12.3 Å². The minimum absolute atomic E-state index is 0.638. The maximum atomic E-state index is 5.84. The van der Waals surface area contributed by atoms with E-state index in [-0.39, 0.29) is 0 Å². The van der Waals surface area contributed by atoms with Crippen LogP contribution < -0.4 is 0 Å². The molecule has 0 atom stereocenters. The Balaban J connectivity index is 2.09. The van der Waals surface area contributed by atoms with Crippen LogP contribution in [0.25, 0.3) is 10.9 Å². The summed E-state index contributed by atoms with van der Waals surface area (Å²) in [5, 5.41) is 1.18. The summed E-state index contributed by atoms with van der Waals surface area (Å²) in [6, 6.07) is 10.4. The van der Waals surface area contributed by atoms with Gasteiger partial charge in [-0.05, 0) is 23.8 Å². The zero-order valence-electron chi connectivity index (χ0n) is 11.2. The van der Waals surface area contributed by atoms with Gasteiger partial charge in [-0.2, -0.15) is 0 Å². The lowest BCUT2D eigenvalue weighted by Gasteiger charge is -2.21. The number of aromatic nitrogens is 1. The molecular formula is C15H19ClN2O. The van der Waals surface area contributed by atoms with Crippen molar-refractivity contribution in [1.82, 2.24) is 9.88 Å². The third-order valence-electron chi connectivity index (χ3n) is 3.09. The van der Waals surface area contributed by atoms with Crippen molar-refractivity contribution < 1.29 is 4.74 Å². The lowest BCUT2D eigenvalue weighted by atomic mass is 10.1. The molecule has 0 aliphatic carbocycles. The average Bonchev–Trinajstić information content (AvgIpc) is 2.45. The molecular weight excluding hydrogens is 260 g/mol. The molecule has 0 unspecified atom stereocenters. The molecule has 0 radical (unpaired) electrons. The zero-order chi connectivity index (χ0) is 13.5. The van der Waals surface area contributed by atoms with Crippen molar-refractivity contribution >= 4 is 22.5 Å². The first kappa shape index (κ1) is 14.3. The van der Waals surface area contributed by atoms with Gasteiger partial charge < -0.3 is 4.74 Å². The molecule has 0 fully saturated rings. The van der Waals surface area contributed by atoms with E-state index < -0.39 is 0 Å². The normalized spacial score (nSPS) is 11.3. The summed E-state index contributed by atoms with van der Waals surface area (Å²) in [5.41, 5.74) is 2.31. The molecule has 0 N–H and O–H groups in total. The fourth-order valence-corrected chi connectivity index (χ4v) is 2.33. The van der Waals surface area contributed by atoms with Crippen molar-refractivity contribution in [3.63, 3.8) is 0 Å². The van der Waals surface area contributed by atoms with Gasteiger partial charge in [0.15, 0.2) is 0 Å². The van der Waals surface area contributed by atoms with Gasteiger partial charge in [-0.25, -0.2) is 0 Å². The molecule has 0 aliphatic heterocycles. The molecule has 2 rings (SSSR count). The van der Waals surface area contributed by atoms with Crippen molar-refractivity contribution in [3.05, 3.63) is 42.1 Å². The number of fused-ring (bicyclic) bond motifs is 1. The van der Waals surface area contributed by atoms with E-state index in [2.05, 4.69) is 34.1 Å². The molecule has 102 valence electrons. The highest BCUT2D eigenvalue weighted by atomic mass is 35.5. The van der Waals surface area contributed by atoms with Crippen LogP contribution in [0, 0.1) is 0 Å². The van der Waals surface area contributed by atoms with Gasteiger partial charge in [0, 0.05) is 44.2 Å². The molecule has 4 heteroatoms. The standard InChI is InChI=1S/C15H19ClN2O/c1-19-10-9-18(8-6-16)12-13-4-5-15-14(11-13)3-2-7-17-15/h2-5,7,11H,6,8-10,12H2,1H3. The van der Waals surface area contributed by atoms with E-state index >= 15 is 0 Å². The summed E-state index contributed by atoms with van der Waals surface area (Å²) in [5.74, 6) is 0.638. The second kappa shape index (κ2) is 7.43. The monoisotopic (exact) mass is 278 g/mol.